The van der Waals surface area contributed by atoms with E-state index in [1.165, 1.54) is 0 Å². The summed E-state index contributed by atoms with van der Waals surface area (Å²) in [5, 5.41) is 22.3. The minimum absolute atomic E-state index is 0.272. The molecule has 0 spiro atoms. The van der Waals surface area contributed by atoms with Gasteiger partial charge >= 0.3 is 0 Å². The van der Waals surface area contributed by atoms with Crippen molar-refractivity contribution in [3.05, 3.63) is 22.6 Å². The summed E-state index contributed by atoms with van der Waals surface area (Å²) in [6.07, 6.45) is 0.720. The fraction of sp³-hybridized carbons (Fsp3) is 0.600. The first-order valence-electron chi connectivity index (χ1n) is 4.68. The fourth-order valence-corrected chi connectivity index (χ4v) is 1.67. The van der Waals surface area contributed by atoms with Crippen molar-refractivity contribution in [1.82, 2.24) is 5.32 Å². The quantitative estimate of drug-likeness (QED) is 0.612. The molecule has 1 unspecified atom stereocenters. The van der Waals surface area contributed by atoms with Crippen molar-refractivity contribution in [2.24, 2.45) is 0 Å². The largest absolute Gasteiger partial charge is 0.507 e. The average molecular weight is 183 g/mol. The molecule has 13 heavy (non-hydrogen) atoms. The monoisotopic (exact) mass is 183 g/mol. The van der Waals surface area contributed by atoms with E-state index in [1.54, 1.807) is 0 Å². The second-order valence-electron chi connectivity index (χ2n) is 3.23. The first-order chi connectivity index (χ1) is 6.11. The van der Waals surface area contributed by atoms with Gasteiger partial charge in [0.05, 0.1) is 0 Å². The van der Waals surface area contributed by atoms with Gasteiger partial charge in [0.2, 0.25) is 0 Å². The third kappa shape index (κ3) is 1.70. The molecular weight excluding hydrogens is 166 g/mol. The lowest BCUT2D eigenvalue weighted by Gasteiger charge is -2.26. The Morgan fingerprint density at radius 1 is 1.31 bits per heavy atom. The predicted octanol–water partition coefficient (Wildman–Crippen LogP) is 1.81. The highest BCUT2D eigenvalue weighted by atomic mass is 16.3. The lowest BCUT2D eigenvalue weighted by atomic mass is 9.98. The summed E-state index contributed by atoms with van der Waals surface area (Å²) in [5.74, 6) is 0.272. The molecule has 0 aliphatic carbocycles. The van der Waals surface area contributed by atoms with Gasteiger partial charge in [0.25, 0.3) is 0 Å². The van der Waals surface area contributed by atoms with E-state index < -0.39 is 6.23 Å². The van der Waals surface area contributed by atoms with Crippen LogP contribution in [-0.2, 0) is 0 Å². The number of hydrogen-bond acceptors (Lipinski definition) is 3. The van der Waals surface area contributed by atoms with E-state index in [0.717, 1.165) is 17.7 Å². The lowest BCUT2D eigenvalue weighted by Crippen LogP contribution is -2.34. The van der Waals surface area contributed by atoms with Crippen LogP contribution in [-0.4, -0.2) is 16.4 Å². The number of aliphatic hydroxyl groups is 2. The van der Waals surface area contributed by atoms with Gasteiger partial charge < -0.3 is 15.5 Å². The van der Waals surface area contributed by atoms with Crippen molar-refractivity contribution in [1.29, 1.82) is 0 Å². The molecule has 0 bridgehead atoms. The van der Waals surface area contributed by atoms with Gasteiger partial charge in [-0.15, -0.1) is 0 Å². The first kappa shape index (κ1) is 10.1. The third-order valence-electron chi connectivity index (χ3n) is 2.46. The maximum absolute atomic E-state index is 9.79. The maximum Gasteiger partial charge on any atom is 0.150 e. The zero-order valence-corrected chi connectivity index (χ0v) is 8.39. The molecular formula is C10H17NO2. The van der Waals surface area contributed by atoms with Crippen LogP contribution in [0.25, 0.3) is 0 Å². The molecule has 3 nitrogen and oxygen atoms in total. The van der Waals surface area contributed by atoms with Crippen molar-refractivity contribution < 1.29 is 10.2 Å². The highest BCUT2D eigenvalue weighted by molar-refractivity contribution is 5.38. The van der Waals surface area contributed by atoms with Gasteiger partial charge in [0, 0.05) is 16.8 Å². The van der Waals surface area contributed by atoms with E-state index in [-0.39, 0.29) is 5.76 Å². The van der Waals surface area contributed by atoms with Crippen LogP contribution in [0, 0.1) is 0 Å². The van der Waals surface area contributed by atoms with E-state index in [1.807, 2.05) is 20.8 Å². The number of aliphatic hydroxyl groups excluding tert-OH is 2. The van der Waals surface area contributed by atoms with Gasteiger partial charge in [-0.3, -0.25) is 0 Å². The summed E-state index contributed by atoms with van der Waals surface area (Å²) in [4.78, 5) is 0. The number of rotatable bonds is 2. The topological polar surface area (TPSA) is 52.5 Å². The molecule has 0 aromatic heterocycles. The van der Waals surface area contributed by atoms with Crippen molar-refractivity contribution >= 4 is 0 Å². The van der Waals surface area contributed by atoms with Crippen LogP contribution in [0.5, 0.6) is 0 Å². The van der Waals surface area contributed by atoms with Crippen molar-refractivity contribution in [3.8, 4) is 0 Å². The Labute approximate surface area is 78.8 Å². The molecule has 0 aromatic rings. The molecule has 1 atom stereocenters. The van der Waals surface area contributed by atoms with Gasteiger partial charge in [-0.05, 0) is 19.8 Å². The summed E-state index contributed by atoms with van der Waals surface area (Å²) in [5.41, 5.74) is 2.45. The minimum Gasteiger partial charge on any atom is -0.507 e. The normalized spacial score (nSPS) is 23.5. The molecule has 3 heteroatoms. The second-order valence-corrected chi connectivity index (χ2v) is 3.23. The van der Waals surface area contributed by atoms with E-state index in [9.17, 15) is 10.2 Å². The Kier molecular flexibility index (Phi) is 2.98. The van der Waals surface area contributed by atoms with Crippen LogP contribution in [0.2, 0.25) is 0 Å². The zero-order chi connectivity index (χ0) is 10.0. The number of allylic oxidation sites excluding steroid dienone is 2. The van der Waals surface area contributed by atoms with Gasteiger partial charge in [0.15, 0.2) is 0 Å². The van der Waals surface area contributed by atoms with Crippen molar-refractivity contribution in [2.75, 3.05) is 0 Å². The first-order valence-corrected chi connectivity index (χ1v) is 4.68. The van der Waals surface area contributed by atoms with E-state index in [2.05, 4.69) is 5.32 Å². The molecule has 1 heterocycles. The van der Waals surface area contributed by atoms with Crippen LogP contribution >= 0.6 is 0 Å². The second kappa shape index (κ2) is 3.83. The Morgan fingerprint density at radius 2 is 1.92 bits per heavy atom. The van der Waals surface area contributed by atoms with E-state index >= 15 is 0 Å². The average Bonchev–Trinajstić information content (AvgIpc) is 2.04. The highest BCUT2D eigenvalue weighted by Gasteiger charge is 2.22. The van der Waals surface area contributed by atoms with Crippen LogP contribution in [0.3, 0.4) is 0 Å². The summed E-state index contributed by atoms with van der Waals surface area (Å²) >= 11 is 0. The standard InChI is InChI=1S/C10H17NO2/c1-4-7-6(3)11-10(13)8(5-2)9(7)12/h10-13H,4-5H2,1-3H3. The molecule has 74 valence electrons. The van der Waals surface area contributed by atoms with Gasteiger partial charge in [-0.1, -0.05) is 13.8 Å². The fourth-order valence-electron chi connectivity index (χ4n) is 1.67. The molecule has 0 amide bonds. The van der Waals surface area contributed by atoms with Gasteiger partial charge in [-0.2, -0.15) is 0 Å². The molecule has 0 saturated carbocycles. The van der Waals surface area contributed by atoms with E-state index in [0.29, 0.717) is 12.0 Å². The number of hydrogen-bond donors (Lipinski definition) is 3. The highest BCUT2D eigenvalue weighted by Crippen LogP contribution is 2.26. The number of dihydropyridines is 1. The molecule has 0 radical (unpaired) electrons. The van der Waals surface area contributed by atoms with Gasteiger partial charge in [0.1, 0.15) is 12.0 Å². The third-order valence-corrected chi connectivity index (χ3v) is 2.46. The van der Waals surface area contributed by atoms with Crippen LogP contribution < -0.4 is 5.32 Å². The maximum atomic E-state index is 9.79. The minimum atomic E-state index is -0.722. The Morgan fingerprint density at radius 3 is 2.38 bits per heavy atom. The Bertz CT molecular complexity index is 266. The molecule has 1 rings (SSSR count). The van der Waals surface area contributed by atoms with Crippen LogP contribution in [0.4, 0.5) is 0 Å². The molecule has 1 aliphatic heterocycles. The lowest BCUT2D eigenvalue weighted by molar-refractivity contribution is 0.169. The smallest absolute Gasteiger partial charge is 0.150 e. The van der Waals surface area contributed by atoms with Crippen LogP contribution in [0.1, 0.15) is 33.6 Å². The summed E-state index contributed by atoms with van der Waals surface area (Å²) in [6.45, 7) is 5.77. The molecule has 3 N–H and O–H groups in total. The number of nitrogens with one attached hydrogen (secondary N) is 1. The molecule has 0 fully saturated rings. The zero-order valence-electron chi connectivity index (χ0n) is 8.39. The Hall–Kier alpha value is -0.960. The SMILES string of the molecule is CCC1=C(C)NC(O)C(CC)=C1O. The van der Waals surface area contributed by atoms with Gasteiger partial charge in [-0.25, -0.2) is 0 Å². The van der Waals surface area contributed by atoms with E-state index in [4.69, 9.17) is 0 Å². The summed E-state index contributed by atoms with van der Waals surface area (Å²) < 4.78 is 0. The summed E-state index contributed by atoms with van der Waals surface area (Å²) in [7, 11) is 0. The Balaban J connectivity index is 3.09. The molecule has 0 aromatic carbocycles. The van der Waals surface area contributed by atoms with Crippen molar-refractivity contribution in [2.45, 2.75) is 39.8 Å². The van der Waals surface area contributed by atoms with Crippen LogP contribution in [0.15, 0.2) is 22.6 Å². The molecule has 0 saturated heterocycles. The van der Waals surface area contributed by atoms with Crippen molar-refractivity contribution in [3.63, 3.8) is 0 Å². The molecule has 1 aliphatic rings. The predicted molar refractivity (Wildman–Crippen MR) is 52.1 cm³/mol. The summed E-state index contributed by atoms with van der Waals surface area (Å²) in [6, 6.07) is 0.